The second-order valence-corrected chi connectivity index (χ2v) is 4.26. The molecule has 0 fully saturated rings. The molecule has 6 heteroatoms. The minimum atomic E-state index is -0.575. The zero-order chi connectivity index (χ0) is 13.4. The summed E-state index contributed by atoms with van der Waals surface area (Å²) in [5.41, 5.74) is 7.32. The van der Waals surface area contributed by atoms with Crippen LogP contribution >= 0.6 is 0 Å². The molecule has 96 valence electrons. The molecule has 2 N–H and O–H groups in total. The summed E-state index contributed by atoms with van der Waals surface area (Å²) < 4.78 is 6.48. The van der Waals surface area contributed by atoms with Gasteiger partial charge in [-0.3, -0.25) is 9.36 Å². The van der Waals surface area contributed by atoms with E-state index in [0.29, 0.717) is 16.8 Å². The van der Waals surface area contributed by atoms with E-state index in [4.69, 9.17) is 10.2 Å². The van der Waals surface area contributed by atoms with Gasteiger partial charge in [0.25, 0.3) is 0 Å². The van der Waals surface area contributed by atoms with Gasteiger partial charge in [0, 0.05) is 25.8 Å². The number of aromatic nitrogens is 1. The molecule has 2 rings (SSSR count). The molecule has 1 unspecified atom stereocenters. The van der Waals surface area contributed by atoms with Gasteiger partial charge in [-0.25, -0.2) is 4.79 Å². The molecule has 1 heterocycles. The standard InChI is InChI=1S/C12H15N3O3/c1-7(13)11(16)14(2)8-4-5-9-10(6-8)18-12(17)15(9)3/h4-7H,13H2,1-3H3. The van der Waals surface area contributed by atoms with Crippen LogP contribution in [0, 0.1) is 0 Å². The Kier molecular flexibility index (Phi) is 2.96. The van der Waals surface area contributed by atoms with E-state index in [9.17, 15) is 9.59 Å². The third kappa shape index (κ3) is 1.91. The Hall–Kier alpha value is -2.08. The zero-order valence-corrected chi connectivity index (χ0v) is 10.5. The van der Waals surface area contributed by atoms with Gasteiger partial charge in [0.05, 0.1) is 11.6 Å². The average molecular weight is 249 g/mol. The number of nitrogens with zero attached hydrogens (tertiary/aromatic N) is 2. The predicted octanol–water partition coefficient (Wildman–Crippen LogP) is 0.442. The summed E-state index contributed by atoms with van der Waals surface area (Å²) >= 11 is 0. The molecule has 1 amide bonds. The molecule has 1 aromatic carbocycles. The molecule has 0 aliphatic carbocycles. The summed E-state index contributed by atoms with van der Waals surface area (Å²) in [7, 11) is 3.26. The largest absolute Gasteiger partial charge is 0.419 e. The summed E-state index contributed by atoms with van der Waals surface area (Å²) in [4.78, 5) is 24.6. The Bertz CT molecular complexity index is 654. The zero-order valence-electron chi connectivity index (χ0n) is 10.5. The van der Waals surface area contributed by atoms with Gasteiger partial charge in [-0.05, 0) is 19.1 Å². The fourth-order valence-electron chi connectivity index (χ4n) is 1.76. The van der Waals surface area contributed by atoms with Crippen molar-refractivity contribution in [2.75, 3.05) is 11.9 Å². The highest BCUT2D eigenvalue weighted by atomic mass is 16.4. The maximum absolute atomic E-state index is 11.8. The molecule has 0 saturated heterocycles. The van der Waals surface area contributed by atoms with E-state index in [0.717, 1.165) is 0 Å². The van der Waals surface area contributed by atoms with Crippen LogP contribution in [-0.2, 0) is 11.8 Å². The molecule has 0 aliphatic heterocycles. The molecule has 1 aromatic heterocycles. The summed E-state index contributed by atoms with van der Waals surface area (Å²) in [5, 5.41) is 0. The molecule has 6 nitrogen and oxygen atoms in total. The van der Waals surface area contributed by atoms with E-state index in [1.54, 1.807) is 39.2 Å². The quantitative estimate of drug-likeness (QED) is 0.837. The number of aryl methyl sites for hydroxylation is 1. The second kappa shape index (κ2) is 4.30. The van der Waals surface area contributed by atoms with Crippen LogP contribution in [0.5, 0.6) is 0 Å². The summed E-state index contributed by atoms with van der Waals surface area (Å²) in [6, 6.07) is 4.56. The lowest BCUT2D eigenvalue weighted by Crippen LogP contribution is -2.39. The molecule has 0 saturated carbocycles. The van der Waals surface area contributed by atoms with Gasteiger partial charge < -0.3 is 15.1 Å². The van der Waals surface area contributed by atoms with Crippen LogP contribution < -0.4 is 16.4 Å². The number of carbonyl (C=O) groups excluding carboxylic acids is 1. The first-order valence-electron chi connectivity index (χ1n) is 5.54. The van der Waals surface area contributed by atoms with Gasteiger partial charge in [0.15, 0.2) is 5.58 Å². The Morgan fingerprint density at radius 2 is 2.17 bits per heavy atom. The number of anilines is 1. The first-order valence-corrected chi connectivity index (χ1v) is 5.54. The lowest BCUT2D eigenvalue weighted by Gasteiger charge is -2.19. The normalized spacial score (nSPS) is 12.7. The van der Waals surface area contributed by atoms with Crippen molar-refractivity contribution in [2.45, 2.75) is 13.0 Å². The SMILES string of the molecule is CC(N)C(=O)N(C)c1ccc2c(c1)oc(=O)n2C. The van der Waals surface area contributed by atoms with Crippen molar-refractivity contribution >= 4 is 22.7 Å². The Morgan fingerprint density at radius 1 is 1.50 bits per heavy atom. The van der Waals surface area contributed by atoms with Crippen LogP contribution in [0.4, 0.5) is 5.69 Å². The van der Waals surface area contributed by atoms with Crippen LogP contribution in [0.15, 0.2) is 27.4 Å². The van der Waals surface area contributed by atoms with Crippen molar-refractivity contribution in [1.82, 2.24) is 4.57 Å². The highest BCUT2D eigenvalue weighted by Crippen LogP contribution is 2.20. The molecule has 0 aliphatic rings. The van der Waals surface area contributed by atoms with Gasteiger partial charge in [-0.1, -0.05) is 0 Å². The lowest BCUT2D eigenvalue weighted by molar-refractivity contribution is -0.119. The number of nitrogens with two attached hydrogens (primary N) is 1. The Labute approximate surface area is 104 Å². The highest BCUT2D eigenvalue weighted by molar-refractivity contribution is 5.97. The van der Waals surface area contributed by atoms with Crippen molar-refractivity contribution in [1.29, 1.82) is 0 Å². The number of carbonyl (C=O) groups is 1. The number of likely N-dealkylation sites (N-methyl/N-ethyl adjacent to an activating group) is 1. The molecule has 2 aromatic rings. The predicted molar refractivity (Wildman–Crippen MR) is 68.5 cm³/mol. The van der Waals surface area contributed by atoms with Crippen molar-refractivity contribution < 1.29 is 9.21 Å². The van der Waals surface area contributed by atoms with Crippen LogP contribution in [0.25, 0.3) is 11.1 Å². The highest BCUT2D eigenvalue weighted by Gasteiger charge is 2.16. The van der Waals surface area contributed by atoms with Crippen LogP contribution in [-0.4, -0.2) is 23.6 Å². The number of hydrogen-bond acceptors (Lipinski definition) is 4. The van der Waals surface area contributed by atoms with E-state index >= 15 is 0 Å². The minimum absolute atomic E-state index is 0.201. The summed E-state index contributed by atoms with van der Waals surface area (Å²) in [6.07, 6.45) is 0. The fourth-order valence-corrected chi connectivity index (χ4v) is 1.76. The van der Waals surface area contributed by atoms with E-state index < -0.39 is 11.8 Å². The molecule has 0 spiro atoms. The number of oxazole rings is 1. The topological polar surface area (TPSA) is 81.5 Å². The minimum Gasteiger partial charge on any atom is -0.408 e. The number of rotatable bonds is 2. The molecular formula is C12H15N3O3. The number of fused-ring (bicyclic) bond motifs is 1. The maximum atomic E-state index is 11.8. The van der Waals surface area contributed by atoms with Gasteiger partial charge in [0.2, 0.25) is 5.91 Å². The van der Waals surface area contributed by atoms with E-state index in [2.05, 4.69) is 0 Å². The second-order valence-electron chi connectivity index (χ2n) is 4.26. The smallest absolute Gasteiger partial charge is 0.408 e. The van der Waals surface area contributed by atoms with E-state index in [-0.39, 0.29) is 5.91 Å². The Balaban J connectivity index is 2.48. The number of hydrogen-bond donors (Lipinski definition) is 1. The van der Waals surface area contributed by atoms with Crippen LogP contribution in [0.1, 0.15) is 6.92 Å². The first-order chi connectivity index (χ1) is 8.41. The summed E-state index contributed by atoms with van der Waals surface area (Å²) in [5.74, 6) is -0.629. The van der Waals surface area contributed by atoms with Crippen molar-refractivity contribution in [3.8, 4) is 0 Å². The van der Waals surface area contributed by atoms with Crippen molar-refractivity contribution in [3.05, 3.63) is 28.7 Å². The van der Waals surface area contributed by atoms with Gasteiger partial charge >= 0.3 is 5.76 Å². The molecule has 1 atom stereocenters. The molecule has 0 radical (unpaired) electrons. The Morgan fingerprint density at radius 3 is 2.78 bits per heavy atom. The summed E-state index contributed by atoms with van der Waals surface area (Å²) in [6.45, 7) is 1.63. The molecule has 18 heavy (non-hydrogen) atoms. The van der Waals surface area contributed by atoms with E-state index in [1.165, 1.54) is 9.47 Å². The monoisotopic (exact) mass is 249 g/mol. The van der Waals surface area contributed by atoms with Crippen molar-refractivity contribution in [2.24, 2.45) is 12.8 Å². The van der Waals surface area contributed by atoms with Crippen molar-refractivity contribution in [3.63, 3.8) is 0 Å². The van der Waals surface area contributed by atoms with Gasteiger partial charge in [0.1, 0.15) is 0 Å². The molecular weight excluding hydrogens is 234 g/mol. The average Bonchev–Trinajstić information content (AvgIpc) is 2.62. The third-order valence-electron chi connectivity index (χ3n) is 2.88. The first kappa shape index (κ1) is 12.4. The number of amides is 1. The lowest BCUT2D eigenvalue weighted by atomic mass is 10.2. The molecule has 0 bridgehead atoms. The van der Waals surface area contributed by atoms with Crippen LogP contribution in [0.2, 0.25) is 0 Å². The van der Waals surface area contributed by atoms with Gasteiger partial charge in [-0.15, -0.1) is 0 Å². The van der Waals surface area contributed by atoms with Gasteiger partial charge in [-0.2, -0.15) is 0 Å². The maximum Gasteiger partial charge on any atom is 0.419 e. The number of benzene rings is 1. The van der Waals surface area contributed by atoms with E-state index in [1.807, 2.05) is 0 Å². The van der Waals surface area contributed by atoms with Crippen LogP contribution in [0.3, 0.4) is 0 Å². The fraction of sp³-hybridized carbons (Fsp3) is 0.333. The third-order valence-corrected chi connectivity index (χ3v) is 2.88.